The third-order valence-corrected chi connectivity index (χ3v) is 2.64. The zero-order valence-corrected chi connectivity index (χ0v) is 8.25. The molecule has 0 aliphatic heterocycles. The monoisotopic (exact) mass is 185 g/mol. The molecule has 2 N–H and O–H groups in total. The Hall–Kier alpha value is -0.570. The number of aliphatic hydroxyl groups excluding tert-OH is 1. The van der Waals surface area contributed by atoms with E-state index in [2.05, 4.69) is 5.32 Å². The SMILES string of the molecule is CCC(O)C(=O)NC1CCCCC1. The molecule has 0 aromatic heterocycles. The van der Waals surface area contributed by atoms with Gasteiger partial charge in [-0.25, -0.2) is 0 Å². The predicted octanol–water partition coefficient (Wildman–Crippen LogP) is 1.21. The molecule has 1 aliphatic rings. The van der Waals surface area contributed by atoms with Gasteiger partial charge in [-0.1, -0.05) is 26.2 Å². The van der Waals surface area contributed by atoms with Crippen molar-refractivity contribution in [3.8, 4) is 0 Å². The quantitative estimate of drug-likeness (QED) is 0.694. The number of carbonyl (C=O) groups is 1. The first-order chi connectivity index (χ1) is 6.24. The van der Waals surface area contributed by atoms with Gasteiger partial charge >= 0.3 is 0 Å². The molecule has 3 heteroatoms. The van der Waals surface area contributed by atoms with Crippen molar-refractivity contribution in [2.75, 3.05) is 0 Å². The van der Waals surface area contributed by atoms with Gasteiger partial charge in [-0.15, -0.1) is 0 Å². The molecule has 0 bridgehead atoms. The van der Waals surface area contributed by atoms with Gasteiger partial charge in [0.2, 0.25) is 5.91 Å². The summed E-state index contributed by atoms with van der Waals surface area (Å²) in [5, 5.41) is 12.1. The fraction of sp³-hybridized carbons (Fsp3) is 0.900. The summed E-state index contributed by atoms with van der Waals surface area (Å²) in [6.45, 7) is 1.81. The number of rotatable bonds is 3. The van der Waals surface area contributed by atoms with Crippen LogP contribution in [0, 0.1) is 0 Å². The van der Waals surface area contributed by atoms with Crippen LogP contribution in [0.15, 0.2) is 0 Å². The Kier molecular flexibility index (Phi) is 4.22. The number of carbonyl (C=O) groups excluding carboxylic acids is 1. The Labute approximate surface area is 79.5 Å². The largest absolute Gasteiger partial charge is 0.383 e. The van der Waals surface area contributed by atoms with Crippen LogP contribution in [0.2, 0.25) is 0 Å². The summed E-state index contributed by atoms with van der Waals surface area (Å²) >= 11 is 0. The van der Waals surface area contributed by atoms with E-state index in [1.165, 1.54) is 19.3 Å². The maximum atomic E-state index is 11.3. The van der Waals surface area contributed by atoms with Crippen LogP contribution in [0.4, 0.5) is 0 Å². The van der Waals surface area contributed by atoms with Gasteiger partial charge in [0.25, 0.3) is 0 Å². The molecule has 76 valence electrons. The predicted molar refractivity (Wildman–Crippen MR) is 51.3 cm³/mol. The molecule has 0 radical (unpaired) electrons. The van der Waals surface area contributed by atoms with Crippen molar-refractivity contribution in [1.29, 1.82) is 0 Å². The van der Waals surface area contributed by atoms with Gasteiger partial charge < -0.3 is 10.4 Å². The average Bonchev–Trinajstić information content (AvgIpc) is 2.18. The number of nitrogens with one attached hydrogen (secondary N) is 1. The molecule has 1 atom stereocenters. The van der Waals surface area contributed by atoms with Crippen LogP contribution in [0.1, 0.15) is 45.4 Å². The van der Waals surface area contributed by atoms with E-state index >= 15 is 0 Å². The molecule has 1 unspecified atom stereocenters. The van der Waals surface area contributed by atoms with Crippen molar-refractivity contribution < 1.29 is 9.90 Å². The number of hydrogen-bond donors (Lipinski definition) is 2. The highest BCUT2D eigenvalue weighted by molar-refractivity contribution is 5.80. The molecule has 1 aliphatic carbocycles. The molecule has 1 rings (SSSR count). The zero-order valence-electron chi connectivity index (χ0n) is 8.25. The summed E-state index contributed by atoms with van der Waals surface area (Å²) in [4.78, 5) is 11.3. The lowest BCUT2D eigenvalue weighted by atomic mass is 9.95. The highest BCUT2D eigenvalue weighted by Crippen LogP contribution is 2.17. The summed E-state index contributed by atoms with van der Waals surface area (Å²) in [5.41, 5.74) is 0. The van der Waals surface area contributed by atoms with Crippen LogP contribution in [-0.4, -0.2) is 23.2 Å². The first kappa shape index (κ1) is 10.5. The molecule has 0 heterocycles. The van der Waals surface area contributed by atoms with Crippen LogP contribution in [0.5, 0.6) is 0 Å². The van der Waals surface area contributed by atoms with Crippen molar-refractivity contribution in [2.24, 2.45) is 0 Å². The Morgan fingerprint density at radius 3 is 2.62 bits per heavy atom. The van der Waals surface area contributed by atoms with E-state index in [1.54, 1.807) is 0 Å². The lowest BCUT2D eigenvalue weighted by Gasteiger charge is -2.23. The number of amides is 1. The Morgan fingerprint density at radius 1 is 1.46 bits per heavy atom. The van der Waals surface area contributed by atoms with Gasteiger partial charge in [0, 0.05) is 6.04 Å². The molecule has 1 fully saturated rings. The molecule has 1 saturated carbocycles. The molecule has 0 aromatic rings. The smallest absolute Gasteiger partial charge is 0.249 e. The number of hydrogen-bond acceptors (Lipinski definition) is 2. The first-order valence-electron chi connectivity index (χ1n) is 5.22. The van der Waals surface area contributed by atoms with E-state index in [9.17, 15) is 9.90 Å². The molecular formula is C10H19NO2. The van der Waals surface area contributed by atoms with E-state index < -0.39 is 6.10 Å². The molecule has 0 spiro atoms. The fourth-order valence-corrected chi connectivity index (χ4v) is 1.73. The Balaban J connectivity index is 2.26. The van der Waals surface area contributed by atoms with E-state index in [1.807, 2.05) is 6.92 Å². The highest BCUT2D eigenvalue weighted by Gasteiger charge is 2.19. The van der Waals surface area contributed by atoms with Crippen molar-refractivity contribution in [3.05, 3.63) is 0 Å². The minimum absolute atomic E-state index is 0.200. The maximum absolute atomic E-state index is 11.3. The summed E-state index contributed by atoms with van der Waals surface area (Å²) in [6, 6.07) is 0.308. The van der Waals surface area contributed by atoms with Gasteiger partial charge in [0.15, 0.2) is 0 Å². The second kappa shape index (κ2) is 5.22. The summed E-state index contributed by atoms with van der Waals surface area (Å²) in [6.07, 6.45) is 5.51. The van der Waals surface area contributed by atoms with Gasteiger partial charge in [-0.2, -0.15) is 0 Å². The standard InChI is InChI=1S/C10H19NO2/c1-2-9(12)10(13)11-8-6-4-3-5-7-8/h8-9,12H,2-7H2,1H3,(H,11,13). The van der Waals surface area contributed by atoms with Crippen LogP contribution < -0.4 is 5.32 Å². The van der Waals surface area contributed by atoms with Crippen molar-refractivity contribution >= 4 is 5.91 Å². The Bertz CT molecular complexity index is 164. The molecule has 3 nitrogen and oxygen atoms in total. The fourth-order valence-electron chi connectivity index (χ4n) is 1.73. The summed E-state index contributed by atoms with van der Waals surface area (Å²) in [5.74, 6) is -0.200. The van der Waals surface area contributed by atoms with Crippen LogP contribution in [0.25, 0.3) is 0 Å². The highest BCUT2D eigenvalue weighted by atomic mass is 16.3. The van der Waals surface area contributed by atoms with Crippen molar-refractivity contribution in [3.63, 3.8) is 0 Å². The normalized spacial score (nSPS) is 21.1. The Morgan fingerprint density at radius 2 is 2.08 bits per heavy atom. The molecule has 0 saturated heterocycles. The number of aliphatic hydroxyl groups is 1. The molecule has 0 aromatic carbocycles. The molecule has 13 heavy (non-hydrogen) atoms. The van der Waals surface area contributed by atoms with E-state index in [-0.39, 0.29) is 5.91 Å². The van der Waals surface area contributed by atoms with Gasteiger partial charge in [0.1, 0.15) is 6.10 Å². The molecule has 1 amide bonds. The van der Waals surface area contributed by atoms with E-state index in [4.69, 9.17) is 0 Å². The lowest BCUT2D eigenvalue weighted by molar-refractivity contribution is -0.130. The maximum Gasteiger partial charge on any atom is 0.249 e. The van der Waals surface area contributed by atoms with Crippen LogP contribution in [0.3, 0.4) is 0 Å². The first-order valence-corrected chi connectivity index (χ1v) is 5.22. The van der Waals surface area contributed by atoms with Crippen molar-refractivity contribution in [1.82, 2.24) is 5.32 Å². The van der Waals surface area contributed by atoms with Gasteiger partial charge in [0.05, 0.1) is 0 Å². The summed E-state index contributed by atoms with van der Waals surface area (Å²) in [7, 11) is 0. The van der Waals surface area contributed by atoms with Crippen LogP contribution in [-0.2, 0) is 4.79 Å². The second-order valence-electron chi connectivity index (χ2n) is 3.77. The van der Waals surface area contributed by atoms with Gasteiger partial charge in [-0.05, 0) is 19.3 Å². The van der Waals surface area contributed by atoms with Gasteiger partial charge in [-0.3, -0.25) is 4.79 Å². The van der Waals surface area contributed by atoms with Crippen molar-refractivity contribution in [2.45, 2.75) is 57.6 Å². The minimum atomic E-state index is -0.818. The topological polar surface area (TPSA) is 49.3 Å². The molecular weight excluding hydrogens is 166 g/mol. The lowest BCUT2D eigenvalue weighted by Crippen LogP contribution is -2.42. The second-order valence-corrected chi connectivity index (χ2v) is 3.77. The summed E-state index contributed by atoms with van der Waals surface area (Å²) < 4.78 is 0. The van der Waals surface area contributed by atoms with E-state index in [0.717, 1.165) is 12.8 Å². The zero-order chi connectivity index (χ0) is 9.68. The third kappa shape index (κ3) is 3.35. The average molecular weight is 185 g/mol. The third-order valence-electron chi connectivity index (χ3n) is 2.64. The van der Waals surface area contributed by atoms with E-state index in [0.29, 0.717) is 12.5 Å². The van der Waals surface area contributed by atoms with Crippen LogP contribution >= 0.6 is 0 Å². The minimum Gasteiger partial charge on any atom is -0.383 e.